The maximum atomic E-state index is 11.9. The Labute approximate surface area is 162 Å². The summed E-state index contributed by atoms with van der Waals surface area (Å²) in [7, 11) is 2.23. The maximum absolute atomic E-state index is 11.9. The Morgan fingerprint density at radius 2 is 1.96 bits per heavy atom. The molecular weight excluding hydrogens is 336 g/mol. The van der Waals surface area contributed by atoms with Gasteiger partial charge in [-0.2, -0.15) is 0 Å². The van der Waals surface area contributed by atoms with Crippen molar-refractivity contribution in [2.75, 3.05) is 18.5 Å². The fourth-order valence-electron chi connectivity index (χ4n) is 9.23. The number of anilines is 1. The van der Waals surface area contributed by atoms with E-state index in [1.807, 2.05) is 0 Å². The maximum Gasteiger partial charge on any atom is 0.194 e. The Kier molecular flexibility index (Phi) is 3.17. The number of piperidine rings is 4. The second kappa shape index (κ2) is 5.08. The predicted molar refractivity (Wildman–Crippen MR) is 105 cm³/mol. The predicted octanol–water partition coefficient (Wildman–Crippen LogP) is 2.48. The van der Waals surface area contributed by atoms with Crippen molar-refractivity contribution in [1.82, 2.24) is 0 Å². The largest absolute Gasteiger partial charge is 0.392 e. The fraction of sp³-hybridized carbons (Fsp3) is 0.739. The van der Waals surface area contributed by atoms with Gasteiger partial charge in [0.25, 0.3) is 0 Å². The lowest BCUT2D eigenvalue weighted by Gasteiger charge is -2.68. The van der Waals surface area contributed by atoms with Crippen LogP contribution in [0.15, 0.2) is 24.3 Å². The highest BCUT2D eigenvalue weighted by molar-refractivity contribution is 5.66. The summed E-state index contributed by atoms with van der Waals surface area (Å²) >= 11 is 0. The average molecular weight is 370 g/mol. The third-order valence-corrected chi connectivity index (χ3v) is 9.73. The first-order valence-electron chi connectivity index (χ1n) is 11.1. The van der Waals surface area contributed by atoms with Gasteiger partial charge in [-0.05, 0) is 30.4 Å². The van der Waals surface area contributed by atoms with E-state index in [0.29, 0.717) is 35.9 Å². The number of aliphatic hydroxyl groups is 2. The summed E-state index contributed by atoms with van der Waals surface area (Å²) in [6.45, 7) is 5.56. The number of hydrogen-bond donors (Lipinski definition) is 2. The normalized spacial score (nSPS) is 53.7. The summed E-state index contributed by atoms with van der Waals surface area (Å²) < 4.78 is 0.873. The number of benzene rings is 1. The number of likely N-dealkylation sites (N-methyl/N-ethyl adjacent to an activating group) is 1. The Balaban J connectivity index is 1.62. The van der Waals surface area contributed by atoms with Crippen LogP contribution in [0, 0.1) is 17.8 Å². The molecule has 1 saturated carbocycles. The Hall–Kier alpha value is -1.10. The van der Waals surface area contributed by atoms with Crippen LogP contribution in [0.5, 0.6) is 0 Å². The lowest BCUT2D eigenvalue weighted by Crippen LogP contribution is -2.83. The van der Waals surface area contributed by atoms with E-state index in [1.54, 1.807) is 0 Å². The van der Waals surface area contributed by atoms with Crippen LogP contribution in [0.2, 0.25) is 0 Å². The zero-order valence-corrected chi connectivity index (χ0v) is 16.8. The van der Waals surface area contributed by atoms with E-state index >= 15 is 0 Å². The minimum Gasteiger partial charge on any atom is -0.392 e. The first-order valence-corrected chi connectivity index (χ1v) is 11.1. The van der Waals surface area contributed by atoms with Crippen molar-refractivity contribution in [3.63, 3.8) is 0 Å². The Morgan fingerprint density at radius 1 is 1.19 bits per heavy atom. The molecule has 1 aromatic carbocycles. The topological polar surface area (TPSA) is 43.7 Å². The summed E-state index contributed by atoms with van der Waals surface area (Å²) in [5.74, 6) is 1.18. The smallest absolute Gasteiger partial charge is 0.194 e. The Bertz CT molecular complexity index is 798. The van der Waals surface area contributed by atoms with E-state index in [1.165, 1.54) is 17.7 Å². The van der Waals surface area contributed by atoms with Crippen LogP contribution in [-0.2, 0) is 5.41 Å². The number of aliphatic hydroxyl groups excluding tert-OH is 2. The second-order valence-corrected chi connectivity index (χ2v) is 10.1. The molecule has 0 amide bonds. The zero-order chi connectivity index (χ0) is 18.7. The third-order valence-electron chi connectivity index (χ3n) is 9.73. The van der Waals surface area contributed by atoms with Gasteiger partial charge in [-0.15, -0.1) is 0 Å². The van der Waals surface area contributed by atoms with Crippen molar-refractivity contribution in [3.05, 3.63) is 29.8 Å². The van der Waals surface area contributed by atoms with Crippen LogP contribution in [0.4, 0.5) is 5.69 Å². The molecule has 1 aliphatic carbocycles. The molecule has 5 aliphatic heterocycles. The van der Waals surface area contributed by atoms with Gasteiger partial charge in [0.15, 0.2) is 6.23 Å². The van der Waals surface area contributed by atoms with Crippen LogP contribution in [0.25, 0.3) is 0 Å². The minimum absolute atomic E-state index is 0.127. The van der Waals surface area contributed by atoms with E-state index in [-0.39, 0.29) is 17.7 Å². The molecule has 4 saturated heterocycles. The third kappa shape index (κ3) is 1.51. The molecule has 27 heavy (non-hydrogen) atoms. The van der Waals surface area contributed by atoms with Crippen molar-refractivity contribution in [3.8, 4) is 0 Å². The van der Waals surface area contributed by atoms with Crippen molar-refractivity contribution in [1.29, 1.82) is 0 Å². The number of nitrogens with zero attached hydrogens (tertiary/aromatic N) is 2. The molecular formula is C23H33N2O2+. The summed E-state index contributed by atoms with van der Waals surface area (Å²) in [6, 6.07) is 9.97. The molecule has 6 aliphatic rings. The van der Waals surface area contributed by atoms with Crippen LogP contribution in [0.1, 0.15) is 45.1 Å². The fourth-order valence-corrected chi connectivity index (χ4v) is 9.23. The van der Waals surface area contributed by atoms with Gasteiger partial charge >= 0.3 is 0 Å². The quantitative estimate of drug-likeness (QED) is 0.805. The van der Waals surface area contributed by atoms with Gasteiger partial charge in [0.2, 0.25) is 0 Å². The molecule has 0 radical (unpaired) electrons. The molecule has 5 heterocycles. The zero-order valence-electron chi connectivity index (χ0n) is 16.8. The number of para-hydroxylation sites is 1. The summed E-state index contributed by atoms with van der Waals surface area (Å²) in [5, 5.41) is 23.6. The van der Waals surface area contributed by atoms with E-state index in [0.717, 1.165) is 30.3 Å². The molecule has 1 spiro atoms. The molecule has 2 N–H and O–H groups in total. The number of rotatable bonds is 3. The van der Waals surface area contributed by atoms with Gasteiger partial charge in [0, 0.05) is 37.4 Å². The van der Waals surface area contributed by atoms with E-state index < -0.39 is 0 Å². The monoisotopic (exact) mass is 369 g/mol. The molecule has 10 atom stereocenters. The molecule has 4 heteroatoms. The van der Waals surface area contributed by atoms with Gasteiger partial charge in [0.1, 0.15) is 6.04 Å². The summed E-state index contributed by atoms with van der Waals surface area (Å²) in [5.41, 5.74) is 2.56. The van der Waals surface area contributed by atoms with Crippen molar-refractivity contribution < 1.29 is 14.7 Å². The second-order valence-electron chi connectivity index (χ2n) is 10.1. The van der Waals surface area contributed by atoms with Gasteiger partial charge in [0.05, 0.1) is 30.1 Å². The molecule has 1 aromatic rings. The average Bonchev–Trinajstić information content (AvgIpc) is 3.06. The van der Waals surface area contributed by atoms with Gasteiger partial charge < -0.3 is 15.1 Å². The van der Waals surface area contributed by atoms with Crippen LogP contribution >= 0.6 is 0 Å². The number of hydrogen-bond acceptors (Lipinski definition) is 3. The molecule has 1 unspecified atom stereocenters. The highest BCUT2D eigenvalue weighted by Gasteiger charge is 2.82. The summed E-state index contributed by atoms with van der Waals surface area (Å²) in [6.07, 6.45) is 3.84. The molecule has 146 valence electrons. The standard InChI is InChI=1S/C23H33N2O2/c1-4-10-25-17-11-14(13(5-2)22(25)27)19-18(25)12-23(21(19)26)15-8-6-7-9-16(15)24(3)20(17)23/h6-9,13-14,17-22,26-27H,4-5,10-12H2,1-3H3/q+1/t13-,14-,17-,18-,19-,20-,21-,22+,23+,25?/m0/s1. The molecule has 7 rings (SSSR count). The van der Waals surface area contributed by atoms with Crippen LogP contribution in [0.3, 0.4) is 0 Å². The summed E-state index contributed by atoms with van der Waals surface area (Å²) in [4.78, 5) is 2.48. The van der Waals surface area contributed by atoms with Gasteiger partial charge in [-0.3, -0.25) is 4.48 Å². The molecule has 4 nitrogen and oxygen atoms in total. The van der Waals surface area contributed by atoms with Gasteiger partial charge in [-0.1, -0.05) is 32.0 Å². The van der Waals surface area contributed by atoms with Crippen molar-refractivity contribution >= 4 is 5.69 Å². The van der Waals surface area contributed by atoms with Crippen molar-refractivity contribution in [2.24, 2.45) is 17.8 Å². The number of quaternary nitrogens is 1. The minimum atomic E-state index is -0.271. The first kappa shape index (κ1) is 16.8. The molecule has 0 aromatic heterocycles. The van der Waals surface area contributed by atoms with E-state index in [4.69, 9.17) is 0 Å². The molecule has 5 bridgehead atoms. The van der Waals surface area contributed by atoms with E-state index in [2.05, 4.69) is 50.1 Å². The van der Waals surface area contributed by atoms with Crippen LogP contribution in [-0.4, -0.2) is 58.7 Å². The first-order chi connectivity index (χ1) is 13.0. The highest BCUT2D eigenvalue weighted by Crippen LogP contribution is 2.71. The Morgan fingerprint density at radius 3 is 2.70 bits per heavy atom. The highest BCUT2D eigenvalue weighted by atomic mass is 16.3. The van der Waals surface area contributed by atoms with Gasteiger partial charge in [-0.25, -0.2) is 0 Å². The molecule has 5 fully saturated rings. The van der Waals surface area contributed by atoms with Crippen molar-refractivity contribution in [2.45, 2.75) is 75.4 Å². The van der Waals surface area contributed by atoms with E-state index in [9.17, 15) is 10.2 Å². The SMILES string of the molecule is CCC[N+]12[C@H](O)[C@@H](CC)[C@@H]3C[C@H]1[C@@H]1N(C)c4ccccc4[C@]14C[C@H]2[C@H]3[C@@H]4O. The van der Waals surface area contributed by atoms with Crippen LogP contribution < -0.4 is 4.90 Å². The lowest BCUT2D eigenvalue weighted by molar-refractivity contribution is -1.04. The number of fused-ring (bicyclic) bond motifs is 2. The lowest BCUT2D eigenvalue weighted by atomic mass is 9.60.